The van der Waals surface area contributed by atoms with Crippen LogP contribution < -0.4 is 0 Å². The van der Waals surface area contributed by atoms with Crippen LogP contribution in [0.25, 0.3) is 0 Å². The summed E-state index contributed by atoms with van der Waals surface area (Å²) < 4.78 is 0.514. The number of benzene rings is 3. The van der Waals surface area contributed by atoms with Gasteiger partial charge in [0.05, 0.1) is 0 Å². The van der Waals surface area contributed by atoms with Gasteiger partial charge in [-0.05, 0) is 6.92 Å². The molecule has 0 N–H and O–H groups in total. The van der Waals surface area contributed by atoms with E-state index in [0.29, 0.717) is 4.25 Å². The molecular formula is C26H30Ge. The first-order valence-corrected chi connectivity index (χ1v) is 12.4. The maximum atomic E-state index is 2.42. The Morgan fingerprint density at radius 1 is 0.630 bits per heavy atom. The van der Waals surface area contributed by atoms with Gasteiger partial charge in [-0.25, -0.2) is 0 Å². The summed E-state index contributed by atoms with van der Waals surface area (Å²) in [5.41, 5.74) is 8.47. The van der Waals surface area contributed by atoms with Crippen LogP contribution in [-0.4, -0.2) is 15.4 Å². The zero-order chi connectivity index (χ0) is 19.3. The first kappa shape index (κ1) is 20.0. The molecule has 0 aliphatic carbocycles. The van der Waals surface area contributed by atoms with Gasteiger partial charge in [-0.2, -0.15) is 0 Å². The predicted molar refractivity (Wildman–Crippen MR) is 119 cm³/mol. The summed E-state index contributed by atoms with van der Waals surface area (Å²) >= 11 is 0.0519. The van der Waals surface area contributed by atoms with Crippen molar-refractivity contribution in [3.63, 3.8) is 0 Å². The SMILES string of the molecule is Cc1cccc(Cc2cccc(Cc3cccc([CH2][Ge][C](C)(C)C)c3)c2)c1. The van der Waals surface area contributed by atoms with E-state index >= 15 is 0 Å². The van der Waals surface area contributed by atoms with Crippen molar-refractivity contribution in [3.05, 3.63) is 106 Å². The minimum absolute atomic E-state index is 0.0519. The van der Waals surface area contributed by atoms with Gasteiger partial charge in [0.2, 0.25) is 0 Å². The quantitative estimate of drug-likeness (QED) is 0.398. The van der Waals surface area contributed by atoms with Gasteiger partial charge in [0.15, 0.2) is 0 Å². The average Bonchev–Trinajstić information content (AvgIpc) is 2.60. The second-order valence-corrected chi connectivity index (χ2v) is 13.2. The van der Waals surface area contributed by atoms with Gasteiger partial charge >= 0.3 is 159 Å². The maximum absolute atomic E-state index is 2.42. The van der Waals surface area contributed by atoms with E-state index in [1.165, 1.54) is 38.6 Å². The first-order valence-electron chi connectivity index (χ1n) is 9.84. The molecule has 0 saturated heterocycles. The van der Waals surface area contributed by atoms with Crippen molar-refractivity contribution in [1.82, 2.24) is 0 Å². The third-order valence-electron chi connectivity index (χ3n) is 4.70. The van der Waals surface area contributed by atoms with Gasteiger partial charge < -0.3 is 0 Å². The van der Waals surface area contributed by atoms with E-state index in [2.05, 4.69) is 100 Å². The van der Waals surface area contributed by atoms with Crippen molar-refractivity contribution in [2.24, 2.45) is 0 Å². The van der Waals surface area contributed by atoms with Crippen LogP contribution >= 0.6 is 0 Å². The Morgan fingerprint density at radius 2 is 1.07 bits per heavy atom. The molecule has 1 heteroatoms. The van der Waals surface area contributed by atoms with Gasteiger partial charge in [-0.1, -0.05) is 6.07 Å². The van der Waals surface area contributed by atoms with Gasteiger partial charge in [0.25, 0.3) is 0 Å². The van der Waals surface area contributed by atoms with Crippen LogP contribution in [0.4, 0.5) is 0 Å². The Labute approximate surface area is 171 Å². The zero-order valence-electron chi connectivity index (χ0n) is 17.0. The van der Waals surface area contributed by atoms with Crippen molar-refractivity contribution >= 4 is 15.4 Å². The third kappa shape index (κ3) is 6.70. The van der Waals surface area contributed by atoms with E-state index < -0.39 is 0 Å². The van der Waals surface area contributed by atoms with Crippen LogP contribution in [0, 0.1) is 6.92 Å². The Kier molecular flexibility index (Phi) is 6.60. The Hall–Kier alpha value is -1.80. The first-order chi connectivity index (χ1) is 12.9. The summed E-state index contributed by atoms with van der Waals surface area (Å²) in [5.74, 6) is 0. The summed E-state index contributed by atoms with van der Waals surface area (Å²) in [6.07, 6.45) is 2.02. The van der Waals surface area contributed by atoms with E-state index in [9.17, 15) is 0 Å². The van der Waals surface area contributed by atoms with Crippen molar-refractivity contribution < 1.29 is 0 Å². The monoisotopic (exact) mass is 416 g/mol. The molecule has 27 heavy (non-hydrogen) atoms. The Balaban J connectivity index is 1.69. The second kappa shape index (κ2) is 8.93. The van der Waals surface area contributed by atoms with Gasteiger partial charge in [-0.3, -0.25) is 0 Å². The number of rotatable bonds is 6. The molecule has 3 aromatic carbocycles. The summed E-state index contributed by atoms with van der Waals surface area (Å²) in [4.78, 5) is 0. The molecule has 0 amide bonds. The van der Waals surface area contributed by atoms with E-state index in [4.69, 9.17) is 0 Å². The minimum atomic E-state index is 0.0519. The molecule has 0 saturated carbocycles. The Bertz CT molecular complexity index is 886. The van der Waals surface area contributed by atoms with Crippen LogP contribution in [0.2, 0.25) is 4.25 Å². The molecule has 0 nitrogen and oxygen atoms in total. The summed E-state index contributed by atoms with van der Waals surface area (Å²) in [7, 11) is 0. The van der Waals surface area contributed by atoms with Crippen molar-refractivity contribution in [1.29, 1.82) is 0 Å². The number of hydrogen-bond donors (Lipinski definition) is 0. The molecule has 0 bridgehead atoms. The van der Waals surface area contributed by atoms with Crippen LogP contribution in [0.1, 0.15) is 54.2 Å². The molecule has 0 fully saturated rings. The molecule has 0 aliphatic heterocycles. The van der Waals surface area contributed by atoms with Crippen LogP contribution in [0.3, 0.4) is 0 Å². The van der Waals surface area contributed by atoms with Crippen LogP contribution in [-0.2, 0) is 18.1 Å². The molecule has 138 valence electrons. The molecule has 3 rings (SSSR count). The predicted octanol–water partition coefficient (Wildman–Crippen LogP) is 6.60. The van der Waals surface area contributed by atoms with Gasteiger partial charge in [0, 0.05) is 0 Å². The second-order valence-electron chi connectivity index (χ2n) is 8.59. The normalized spacial score (nSPS) is 11.6. The summed E-state index contributed by atoms with van der Waals surface area (Å²) in [6, 6.07) is 27.1. The van der Waals surface area contributed by atoms with Gasteiger partial charge in [0.1, 0.15) is 0 Å². The molecule has 0 heterocycles. The van der Waals surface area contributed by atoms with Crippen molar-refractivity contribution in [2.45, 2.75) is 50.0 Å². The molecule has 2 radical (unpaired) electrons. The zero-order valence-corrected chi connectivity index (χ0v) is 19.1. The van der Waals surface area contributed by atoms with Crippen molar-refractivity contribution in [2.75, 3.05) is 0 Å². The molecule has 0 atom stereocenters. The molecule has 0 aliphatic rings. The number of hydrogen-bond acceptors (Lipinski definition) is 0. The number of aryl methyl sites for hydroxylation is 1. The van der Waals surface area contributed by atoms with E-state index in [-0.39, 0.29) is 15.4 Å². The molecular weight excluding hydrogens is 385 g/mol. The van der Waals surface area contributed by atoms with Crippen molar-refractivity contribution in [3.8, 4) is 0 Å². The third-order valence-corrected chi connectivity index (χ3v) is 8.16. The summed E-state index contributed by atoms with van der Waals surface area (Å²) in [6.45, 7) is 9.28. The molecule has 0 aromatic heterocycles. The fourth-order valence-electron chi connectivity index (χ4n) is 3.36. The molecule has 0 unspecified atom stereocenters. The average molecular weight is 415 g/mol. The summed E-state index contributed by atoms with van der Waals surface area (Å²) in [5, 5.41) is 1.28. The van der Waals surface area contributed by atoms with Crippen LogP contribution in [0.5, 0.6) is 0 Å². The fourth-order valence-corrected chi connectivity index (χ4v) is 5.36. The standard InChI is InChI=1S/C26H30Ge/c1-20-8-5-9-21(14-20)15-22-10-6-11-23(16-22)17-24-12-7-13-25(18-24)19-27-26(2,3)4/h5-14,16,18H,15,17,19H2,1-4H3. The van der Waals surface area contributed by atoms with E-state index in [1.807, 2.05) is 0 Å². The van der Waals surface area contributed by atoms with E-state index in [0.717, 1.165) is 12.8 Å². The van der Waals surface area contributed by atoms with Gasteiger partial charge in [-0.15, -0.1) is 0 Å². The van der Waals surface area contributed by atoms with Crippen LogP contribution in [0.15, 0.2) is 72.8 Å². The van der Waals surface area contributed by atoms with E-state index in [1.54, 1.807) is 0 Å². The topological polar surface area (TPSA) is 0 Å². The molecule has 3 aromatic rings. The Morgan fingerprint density at radius 3 is 1.59 bits per heavy atom. The molecule has 0 spiro atoms. The fraction of sp³-hybridized carbons (Fsp3) is 0.308.